The zero-order valence-electron chi connectivity index (χ0n) is 33.7. The molecule has 324 valence electrons. The van der Waals surface area contributed by atoms with E-state index < -0.39 is 54.0 Å². The molecular weight excluding hydrogens is 809 g/mol. The van der Waals surface area contributed by atoms with E-state index in [9.17, 15) is 24.0 Å². The number of nitrogens with zero attached hydrogens (tertiary/aromatic N) is 2. The average Bonchev–Trinajstić information content (AvgIpc) is 4.07. The monoisotopic (exact) mass is 864 g/mol. The van der Waals surface area contributed by atoms with E-state index in [1.807, 2.05) is 31.2 Å². The number of nitrogens with two attached hydrogens (primary N) is 2. The van der Waals surface area contributed by atoms with Gasteiger partial charge in [0.05, 0.1) is 4.88 Å². The molecule has 1 saturated carbocycles. The van der Waals surface area contributed by atoms with Crippen LogP contribution in [0.3, 0.4) is 0 Å². The maximum Gasteiger partial charge on any atom is 0.248 e. The first-order chi connectivity index (χ1) is 29.0. The number of nitrogens with one attached hydrogen (secondary N) is 8. The second-order valence-electron chi connectivity index (χ2n) is 15.5. The minimum Gasteiger partial charge on any atom is -0.370 e. The lowest BCUT2D eigenvalue weighted by Gasteiger charge is -2.33. The first-order valence-corrected chi connectivity index (χ1v) is 22.4. The Kier molecular flexibility index (Phi) is 15.9. The Labute approximate surface area is 356 Å². The maximum atomic E-state index is 14.6. The van der Waals surface area contributed by atoms with Gasteiger partial charge < -0.3 is 42.6 Å². The molecule has 1 aliphatic carbocycles. The molecule has 0 radical (unpaired) electrons. The Morgan fingerprint density at radius 2 is 1.83 bits per heavy atom. The average molecular weight is 865 g/mol. The predicted molar refractivity (Wildman–Crippen MR) is 232 cm³/mol. The molecule has 5 atom stereocenters. The molecular formula is C40H56N12O6S2. The highest BCUT2D eigenvalue weighted by atomic mass is 32.2. The Bertz CT molecular complexity index is 2010. The molecule has 0 spiro atoms. The zero-order chi connectivity index (χ0) is 42.6. The lowest BCUT2D eigenvalue weighted by atomic mass is 9.83. The van der Waals surface area contributed by atoms with Gasteiger partial charge in [0.25, 0.3) is 0 Å². The van der Waals surface area contributed by atoms with Crippen LogP contribution in [-0.4, -0.2) is 106 Å². The Morgan fingerprint density at radius 3 is 2.58 bits per heavy atom. The Morgan fingerprint density at radius 1 is 1.03 bits per heavy atom. The fraction of sp³-hybridized carbons (Fsp3) is 0.525. The number of carbonyl (C=O) groups excluding carboxylic acids is 5. The molecule has 12 N–H and O–H groups in total. The van der Waals surface area contributed by atoms with Crippen molar-refractivity contribution in [2.45, 2.75) is 101 Å². The van der Waals surface area contributed by atoms with Crippen molar-refractivity contribution in [3.63, 3.8) is 0 Å². The molecule has 4 heterocycles. The number of primary amides is 1. The molecule has 60 heavy (non-hydrogen) atoms. The Hall–Kier alpha value is -5.02. The van der Waals surface area contributed by atoms with Crippen molar-refractivity contribution in [2.24, 2.45) is 22.4 Å². The van der Waals surface area contributed by atoms with E-state index in [4.69, 9.17) is 26.8 Å². The smallest absolute Gasteiger partial charge is 0.248 e. The summed E-state index contributed by atoms with van der Waals surface area (Å²) in [7, 11) is 0. The van der Waals surface area contributed by atoms with Crippen LogP contribution in [0.5, 0.6) is 0 Å². The van der Waals surface area contributed by atoms with Crippen LogP contribution in [0, 0.1) is 18.3 Å². The van der Waals surface area contributed by atoms with Crippen molar-refractivity contribution in [2.75, 3.05) is 25.4 Å². The minimum atomic E-state index is -1.10. The lowest BCUT2D eigenvalue weighted by molar-refractivity contribution is -0.140. The highest BCUT2D eigenvalue weighted by Gasteiger charge is 2.41. The number of likely N-dealkylation sites (tertiary alicyclic amines) is 1. The van der Waals surface area contributed by atoms with Crippen LogP contribution in [0.2, 0.25) is 0 Å². The molecule has 2 aromatic heterocycles. The first kappa shape index (κ1) is 44.5. The minimum absolute atomic E-state index is 0.115. The number of benzene rings is 1. The highest BCUT2D eigenvalue weighted by molar-refractivity contribution is 8.15. The van der Waals surface area contributed by atoms with Gasteiger partial charge in [0.1, 0.15) is 41.9 Å². The van der Waals surface area contributed by atoms with E-state index in [1.165, 1.54) is 0 Å². The molecule has 6 rings (SSSR count). The number of hydroxylamine groups is 2. The number of amides is 5. The standard InChI is InChI=1S/C40H56N12O6S2/c1-23-17-31(59-21-23)38-48-29(22-60-38)39(57)52-16-8-13-30(52)36(55)50-34(24-9-3-2-4-10-24)37(56)47-28(18-25-19-45-27-12-6-5-11-26(25)27)35(54)49-33(14-7-15-44-40(42)43)51-58-46-20-32(41)53/h5-6,11-12,17,19,21,24,28-30,33-34,45-46,51H,2-4,7-10,13-16,18,20,22H2,1H3,(H2,41,53)(H,47,56)(H,49,54)(H,50,55)(H4,42,43,44). The van der Waals surface area contributed by atoms with Gasteiger partial charge >= 0.3 is 0 Å². The SMILES string of the molecule is Cc1csc(C2=NC(C(=O)N3CCCC3C(=O)NC(C(=O)NC(Cc3c[nH]c4ccccc34)C(=O)NC(CCCNC(=N)N)NONCC(N)=O)C3CCCCC3)CS2)c1. The van der Waals surface area contributed by atoms with Gasteiger partial charge in [-0.25, -0.2) is 4.94 Å². The number of thioether (sulfide) groups is 1. The molecule has 2 aliphatic heterocycles. The number of thiophene rings is 1. The van der Waals surface area contributed by atoms with Gasteiger partial charge in [0.2, 0.25) is 29.5 Å². The lowest BCUT2D eigenvalue weighted by Crippen LogP contribution is -2.60. The fourth-order valence-electron chi connectivity index (χ4n) is 7.96. The summed E-state index contributed by atoms with van der Waals surface area (Å²) < 4.78 is 0. The van der Waals surface area contributed by atoms with Gasteiger partial charge in [-0.3, -0.25) is 34.4 Å². The predicted octanol–water partition coefficient (Wildman–Crippen LogP) is 1.40. The quantitative estimate of drug-likeness (QED) is 0.0255. The third kappa shape index (κ3) is 12.1. The van der Waals surface area contributed by atoms with Crippen LogP contribution >= 0.6 is 23.1 Å². The summed E-state index contributed by atoms with van der Waals surface area (Å²) in [6, 6.07) is 6.33. The molecule has 0 bridgehead atoms. The number of aryl methyl sites for hydroxylation is 1. The summed E-state index contributed by atoms with van der Waals surface area (Å²) in [5, 5.41) is 22.9. The summed E-state index contributed by atoms with van der Waals surface area (Å²) in [6.07, 6.45) is 7.24. The number of aromatic nitrogens is 1. The van der Waals surface area contributed by atoms with Crippen LogP contribution in [0.15, 0.2) is 46.9 Å². The molecule has 5 unspecified atom stereocenters. The maximum absolute atomic E-state index is 14.6. The van der Waals surface area contributed by atoms with Crippen molar-refractivity contribution >= 4 is 74.5 Å². The fourth-order valence-corrected chi connectivity index (χ4v) is 10.0. The van der Waals surface area contributed by atoms with Gasteiger partial charge in [-0.05, 0) is 80.0 Å². The first-order valence-electron chi connectivity index (χ1n) is 20.5. The number of guanidine groups is 1. The van der Waals surface area contributed by atoms with Gasteiger partial charge in [0.15, 0.2) is 5.96 Å². The number of aromatic amines is 1. The topological polar surface area (TPSA) is 274 Å². The molecule has 1 aromatic carbocycles. The van der Waals surface area contributed by atoms with Crippen molar-refractivity contribution in [3.8, 4) is 0 Å². The summed E-state index contributed by atoms with van der Waals surface area (Å²) in [5.74, 6) is -2.13. The summed E-state index contributed by atoms with van der Waals surface area (Å²) in [6.45, 7) is 2.50. The van der Waals surface area contributed by atoms with Crippen LogP contribution in [0.4, 0.5) is 0 Å². The van der Waals surface area contributed by atoms with Crippen LogP contribution in [0.1, 0.15) is 73.8 Å². The van der Waals surface area contributed by atoms with Crippen molar-refractivity contribution in [1.29, 1.82) is 5.41 Å². The summed E-state index contributed by atoms with van der Waals surface area (Å²) in [4.78, 5) is 84.1. The highest BCUT2D eigenvalue weighted by Crippen LogP contribution is 2.31. The zero-order valence-corrected chi connectivity index (χ0v) is 35.4. The van der Waals surface area contributed by atoms with Crippen LogP contribution in [-0.2, 0) is 35.3 Å². The van der Waals surface area contributed by atoms with E-state index in [1.54, 1.807) is 34.2 Å². The van der Waals surface area contributed by atoms with Gasteiger partial charge in [-0.15, -0.1) is 23.1 Å². The third-order valence-electron chi connectivity index (χ3n) is 11.0. The van der Waals surface area contributed by atoms with E-state index in [0.717, 1.165) is 64.1 Å². The molecule has 18 nitrogen and oxygen atoms in total. The molecule has 3 aliphatic rings. The number of aliphatic imine (C=N–C) groups is 1. The van der Waals surface area contributed by atoms with Crippen molar-refractivity contribution in [1.82, 2.24) is 42.1 Å². The number of hydrogen-bond donors (Lipinski definition) is 10. The normalized spacial score (nSPS) is 19.6. The molecule has 5 amide bonds. The summed E-state index contributed by atoms with van der Waals surface area (Å²) in [5.41, 5.74) is 18.5. The molecule has 2 fully saturated rings. The van der Waals surface area contributed by atoms with Crippen molar-refractivity contribution in [3.05, 3.63) is 57.9 Å². The van der Waals surface area contributed by atoms with Gasteiger partial charge in [-0.2, -0.15) is 11.0 Å². The molecule has 20 heteroatoms. The number of rotatable bonds is 20. The van der Waals surface area contributed by atoms with Crippen LogP contribution < -0.4 is 43.7 Å². The molecule has 3 aromatic rings. The Balaban J connectivity index is 1.19. The third-order valence-corrected chi connectivity index (χ3v) is 13.2. The largest absolute Gasteiger partial charge is 0.370 e. The summed E-state index contributed by atoms with van der Waals surface area (Å²) >= 11 is 3.15. The second kappa shape index (κ2) is 21.5. The number of para-hydroxylation sites is 1. The van der Waals surface area contributed by atoms with E-state index >= 15 is 0 Å². The number of fused-ring (bicyclic) bond motifs is 1. The van der Waals surface area contributed by atoms with Gasteiger partial charge in [-0.1, -0.05) is 37.5 Å². The van der Waals surface area contributed by atoms with E-state index in [-0.39, 0.29) is 30.8 Å². The number of carbonyl (C=O) groups is 5. The van der Waals surface area contributed by atoms with E-state index in [0.29, 0.717) is 44.5 Å². The van der Waals surface area contributed by atoms with Gasteiger partial charge in [0, 0.05) is 42.4 Å². The number of hydrogen-bond acceptors (Lipinski definition) is 12. The van der Waals surface area contributed by atoms with Crippen LogP contribution in [0.25, 0.3) is 10.9 Å². The van der Waals surface area contributed by atoms with Crippen molar-refractivity contribution < 1.29 is 28.9 Å². The van der Waals surface area contributed by atoms with E-state index in [2.05, 4.69) is 48.7 Å². The second-order valence-corrected chi connectivity index (χ2v) is 17.4. The number of H-pyrrole nitrogens is 1. The molecule has 1 saturated heterocycles.